The molecule has 1 rings (SSSR count). The van der Waals surface area contributed by atoms with Crippen LogP contribution in [-0.2, 0) is 10.7 Å². The first kappa shape index (κ1) is 10.5. The fourth-order valence-electron chi connectivity index (χ4n) is 1.36. The maximum atomic E-state index is 12.1. The van der Waals surface area contributed by atoms with E-state index in [-0.39, 0.29) is 0 Å². The van der Waals surface area contributed by atoms with Crippen LogP contribution in [0.2, 0.25) is 0 Å². The van der Waals surface area contributed by atoms with Gasteiger partial charge in [0.1, 0.15) is 0 Å². The molecule has 13 heavy (non-hydrogen) atoms. The minimum Gasteiger partial charge on any atom is -0.323 e. The van der Waals surface area contributed by atoms with E-state index in [0.717, 1.165) is 18.5 Å². The number of rotatable bonds is 4. The van der Waals surface area contributed by atoms with Gasteiger partial charge in [0.05, 0.1) is 7.14 Å². The van der Waals surface area contributed by atoms with Gasteiger partial charge < -0.3 is 4.57 Å². The van der Waals surface area contributed by atoms with Gasteiger partial charge in [-0.05, 0) is 17.9 Å². The van der Waals surface area contributed by atoms with E-state index in [1.54, 1.807) is 0 Å². The zero-order valence-corrected chi connectivity index (χ0v) is 9.26. The van der Waals surface area contributed by atoms with Crippen LogP contribution in [0.5, 0.6) is 0 Å². The molecule has 0 aromatic heterocycles. The summed E-state index contributed by atoms with van der Waals surface area (Å²) in [7, 11) is -1.90. The summed E-state index contributed by atoms with van der Waals surface area (Å²) >= 11 is 0. The van der Waals surface area contributed by atoms with Crippen molar-refractivity contribution < 1.29 is 4.57 Å². The monoisotopic (exact) mass is 196 g/mol. The van der Waals surface area contributed by atoms with E-state index in [2.05, 4.69) is 12.1 Å². The normalized spacial score (nSPS) is 11.5. The van der Waals surface area contributed by atoms with Gasteiger partial charge in [-0.3, -0.25) is 0 Å². The summed E-state index contributed by atoms with van der Waals surface area (Å²) in [6.07, 6.45) is 2.40. The fraction of sp³-hybridized carbons (Fsp3) is 0.455. The van der Waals surface area contributed by atoms with Gasteiger partial charge in [0, 0.05) is 6.16 Å². The summed E-state index contributed by atoms with van der Waals surface area (Å²) < 4.78 is 12.1. The third-order valence-corrected chi connectivity index (χ3v) is 5.71. The summed E-state index contributed by atoms with van der Waals surface area (Å²) in [6, 6.07) is 10.1. The van der Waals surface area contributed by atoms with E-state index in [1.165, 1.54) is 5.56 Å². The average molecular weight is 196 g/mol. The molecule has 0 N–H and O–H groups in total. The van der Waals surface area contributed by atoms with Crippen molar-refractivity contribution in [3.8, 4) is 0 Å². The zero-order valence-electron chi connectivity index (χ0n) is 8.36. The van der Waals surface area contributed by atoms with Gasteiger partial charge >= 0.3 is 0 Å². The lowest BCUT2D eigenvalue weighted by molar-refractivity contribution is 0.575. The smallest absolute Gasteiger partial charge is 0.0914 e. The Hall–Kier alpha value is -0.550. The Labute approximate surface area is 80.5 Å². The largest absolute Gasteiger partial charge is 0.323 e. The average Bonchev–Trinajstić information content (AvgIpc) is 2.19. The Morgan fingerprint density at radius 2 is 1.62 bits per heavy atom. The highest BCUT2D eigenvalue weighted by molar-refractivity contribution is 7.63. The van der Waals surface area contributed by atoms with E-state index >= 15 is 0 Å². The molecule has 1 nitrogen and oxygen atoms in total. The highest BCUT2D eigenvalue weighted by Gasteiger charge is 2.16. The summed E-state index contributed by atoms with van der Waals surface area (Å²) in [5.41, 5.74) is 1.20. The molecule has 1 aromatic carbocycles. The molecule has 0 saturated heterocycles. The van der Waals surface area contributed by atoms with Crippen molar-refractivity contribution in [2.75, 3.05) is 12.3 Å². The third kappa shape index (κ3) is 3.00. The second kappa shape index (κ2) is 4.62. The Morgan fingerprint density at radius 1 is 1.08 bits per heavy atom. The van der Waals surface area contributed by atoms with Gasteiger partial charge in [0.2, 0.25) is 0 Å². The Morgan fingerprint density at radius 3 is 2.08 bits per heavy atom. The number of hydrogen-bond donors (Lipinski definition) is 0. The van der Waals surface area contributed by atoms with Crippen molar-refractivity contribution in [2.24, 2.45) is 0 Å². The Balaban J connectivity index is 2.74. The molecule has 72 valence electrons. The van der Waals surface area contributed by atoms with Gasteiger partial charge in [0.15, 0.2) is 0 Å². The van der Waals surface area contributed by atoms with Gasteiger partial charge in [-0.15, -0.1) is 0 Å². The molecular formula is C11H17OP. The zero-order chi connectivity index (χ0) is 9.73. The first-order chi connectivity index (χ1) is 6.20. The maximum absolute atomic E-state index is 12.1. The second-order valence-electron chi connectivity index (χ2n) is 3.33. The van der Waals surface area contributed by atoms with Gasteiger partial charge in [0.25, 0.3) is 0 Å². The quantitative estimate of drug-likeness (QED) is 0.672. The van der Waals surface area contributed by atoms with Gasteiger partial charge in [-0.2, -0.15) is 0 Å². The van der Waals surface area contributed by atoms with Crippen molar-refractivity contribution in [3.05, 3.63) is 35.9 Å². The molecule has 0 spiro atoms. The minimum atomic E-state index is -1.90. The molecule has 0 bridgehead atoms. The number of hydrogen-bond acceptors (Lipinski definition) is 1. The van der Waals surface area contributed by atoms with Crippen LogP contribution in [0.1, 0.15) is 19.4 Å². The third-order valence-electron chi connectivity index (χ3n) is 2.47. The fourth-order valence-corrected chi connectivity index (χ4v) is 3.13. The van der Waals surface area contributed by atoms with Gasteiger partial charge in [-0.25, -0.2) is 0 Å². The van der Waals surface area contributed by atoms with Crippen LogP contribution in [-0.4, -0.2) is 12.3 Å². The molecule has 0 amide bonds. The first-order valence-electron chi connectivity index (χ1n) is 4.81. The van der Waals surface area contributed by atoms with E-state index in [4.69, 9.17) is 0 Å². The highest BCUT2D eigenvalue weighted by atomic mass is 31.2. The van der Waals surface area contributed by atoms with E-state index in [9.17, 15) is 4.57 Å². The number of benzene rings is 1. The van der Waals surface area contributed by atoms with Crippen molar-refractivity contribution in [1.29, 1.82) is 0 Å². The topological polar surface area (TPSA) is 17.1 Å². The Kier molecular flexibility index (Phi) is 3.74. The molecule has 0 atom stereocenters. The molecule has 0 heterocycles. The maximum Gasteiger partial charge on any atom is 0.0914 e. The highest BCUT2D eigenvalue weighted by Crippen LogP contribution is 2.47. The van der Waals surface area contributed by atoms with Crippen LogP contribution in [0.3, 0.4) is 0 Å². The molecule has 1 aromatic rings. The second-order valence-corrected chi connectivity index (χ2v) is 7.03. The van der Waals surface area contributed by atoms with Crippen molar-refractivity contribution in [2.45, 2.75) is 20.0 Å². The van der Waals surface area contributed by atoms with Gasteiger partial charge in [-0.1, -0.05) is 44.2 Å². The minimum absolute atomic E-state index is 0.765. The predicted octanol–water partition coefficient (Wildman–Crippen LogP) is 3.59. The summed E-state index contributed by atoms with van der Waals surface area (Å²) in [4.78, 5) is 0. The predicted molar refractivity (Wildman–Crippen MR) is 58.8 cm³/mol. The van der Waals surface area contributed by atoms with E-state index in [0.29, 0.717) is 0 Å². The van der Waals surface area contributed by atoms with Crippen molar-refractivity contribution >= 4 is 7.14 Å². The molecule has 0 fully saturated rings. The molecule has 0 saturated carbocycles. The Bertz CT molecular complexity index is 284. The van der Waals surface area contributed by atoms with Crippen LogP contribution in [0.25, 0.3) is 0 Å². The summed E-state index contributed by atoms with van der Waals surface area (Å²) in [5.74, 6) is 0. The lowest BCUT2D eigenvalue weighted by Crippen LogP contribution is -1.93. The van der Waals surface area contributed by atoms with Crippen molar-refractivity contribution in [1.82, 2.24) is 0 Å². The SMILES string of the molecule is CCP(=O)(CC)Cc1ccccc1. The first-order valence-corrected chi connectivity index (χ1v) is 7.07. The van der Waals surface area contributed by atoms with Crippen LogP contribution in [0.4, 0.5) is 0 Å². The van der Waals surface area contributed by atoms with Crippen LogP contribution in [0.15, 0.2) is 30.3 Å². The molecule has 0 aliphatic carbocycles. The standard InChI is InChI=1S/C11H17OP/c1-3-13(12,4-2)10-11-8-6-5-7-9-11/h5-9H,3-4,10H2,1-2H3. The molecule has 0 unspecified atom stereocenters. The molecule has 0 aliphatic rings. The van der Waals surface area contributed by atoms with Crippen LogP contribution < -0.4 is 0 Å². The lowest BCUT2D eigenvalue weighted by Gasteiger charge is -2.13. The van der Waals surface area contributed by atoms with Crippen LogP contribution in [0, 0.1) is 0 Å². The summed E-state index contributed by atoms with van der Waals surface area (Å²) in [6.45, 7) is 4.04. The van der Waals surface area contributed by atoms with Crippen molar-refractivity contribution in [3.63, 3.8) is 0 Å². The van der Waals surface area contributed by atoms with E-state index < -0.39 is 7.14 Å². The summed E-state index contributed by atoms with van der Waals surface area (Å²) in [5, 5.41) is 0. The molecule has 2 heteroatoms. The molecule has 0 radical (unpaired) electrons. The van der Waals surface area contributed by atoms with Crippen LogP contribution >= 0.6 is 7.14 Å². The van der Waals surface area contributed by atoms with E-state index in [1.807, 2.05) is 32.0 Å². The molecule has 0 aliphatic heterocycles. The molecular weight excluding hydrogens is 179 g/mol. The lowest BCUT2D eigenvalue weighted by atomic mass is 10.2.